The number of benzene rings is 1. The monoisotopic (exact) mass is 360 g/mol. The van der Waals surface area contributed by atoms with Gasteiger partial charge in [-0.15, -0.1) is 10.2 Å². The summed E-state index contributed by atoms with van der Waals surface area (Å²) in [6.07, 6.45) is 3.55. The van der Waals surface area contributed by atoms with Crippen LogP contribution in [0.4, 0.5) is 0 Å². The van der Waals surface area contributed by atoms with E-state index in [-0.39, 0.29) is 5.91 Å². The molecule has 1 aromatic carbocycles. The molecular weight excluding hydrogens is 340 g/mol. The molecule has 1 aliphatic rings. The molecule has 1 amide bonds. The van der Waals surface area contributed by atoms with Crippen molar-refractivity contribution in [3.05, 3.63) is 24.3 Å². The van der Waals surface area contributed by atoms with Crippen LogP contribution in [0.5, 0.6) is 0 Å². The van der Waals surface area contributed by atoms with Crippen molar-refractivity contribution >= 4 is 44.2 Å². The maximum Gasteiger partial charge on any atom is 0.233 e. The summed E-state index contributed by atoms with van der Waals surface area (Å²) in [6.45, 7) is 3.90. The van der Waals surface area contributed by atoms with Crippen molar-refractivity contribution in [3.8, 4) is 0 Å². The Kier molecular flexibility index (Phi) is 4.45. The van der Waals surface area contributed by atoms with Crippen LogP contribution in [-0.2, 0) is 4.79 Å². The van der Waals surface area contributed by atoms with Gasteiger partial charge < -0.3 is 4.90 Å². The molecule has 0 atom stereocenters. The Bertz CT molecular complexity index is 868. The zero-order chi connectivity index (χ0) is 16.5. The normalized spacial score (nSPS) is 14.5. The van der Waals surface area contributed by atoms with Crippen LogP contribution >= 0.6 is 23.1 Å². The Balaban J connectivity index is 1.50. The first-order valence-corrected chi connectivity index (χ1v) is 10.2. The fourth-order valence-electron chi connectivity index (χ4n) is 2.87. The number of carbonyl (C=O) groups excluding carboxylic acids is 1. The van der Waals surface area contributed by atoms with E-state index >= 15 is 0 Å². The van der Waals surface area contributed by atoms with Crippen LogP contribution in [0, 0.1) is 5.92 Å². The second kappa shape index (κ2) is 6.72. The topological polar surface area (TPSA) is 50.5 Å². The third-order valence-corrected chi connectivity index (χ3v) is 6.18. The van der Waals surface area contributed by atoms with Crippen LogP contribution in [0.2, 0.25) is 0 Å². The van der Waals surface area contributed by atoms with E-state index in [1.807, 2.05) is 17.0 Å². The van der Waals surface area contributed by atoms with Crippen molar-refractivity contribution in [2.24, 2.45) is 5.92 Å². The summed E-state index contributed by atoms with van der Waals surface area (Å²) in [4.78, 5) is 15.5. The highest BCUT2D eigenvalue weighted by molar-refractivity contribution is 7.99. The second-order valence-corrected chi connectivity index (χ2v) is 8.19. The van der Waals surface area contributed by atoms with Crippen LogP contribution in [-0.4, -0.2) is 44.2 Å². The Labute approximate surface area is 149 Å². The van der Waals surface area contributed by atoms with E-state index in [0.29, 0.717) is 5.75 Å². The molecule has 5 nitrogen and oxygen atoms in total. The van der Waals surface area contributed by atoms with Gasteiger partial charge in [-0.3, -0.25) is 9.20 Å². The van der Waals surface area contributed by atoms with Gasteiger partial charge >= 0.3 is 0 Å². The van der Waals surface area contributed by atoms with Crippen LogP contribution in [0.15, 0.2) is 29.4 Å². The minimum atomic E-state index is 0.213. The van der Waals surface area contributed by atoms with E-state index < -0.39 is 0 Å². The predicted molar refractivity (Wildman–Crippen MR) is 98.7 cm³/mol. The molecular formula is C17H20N4OS2. The third kappa shape index (κ3) is 3.15. The van der Waals surface area contributed by atoms with Gasteiger partial charge in [-0.25, -0.2) is 0 Å². The van der Waals surface area contributed by atoms with E-state index in [1.54, 1.807) is 11.3 Å². The number of rotatable bonds is 7. The maximum atomic E-state index is 12.6. The fourth-order valence-corrected chi connectivity index (χ4v) is 4.74. The molecule has 2 aromatic heterocycles. The van der Waals surface area contributed by atoms with E-state index in [4.69, 9.17) is 0 Å². The van der Waals surface area contributed by atoms with E-state index in [1.165, 1.54) is 29.3 Å². The lowest BCUT2D eigenvalue weighted by Gasteiger charge is -2.21. The van der Waals surface area contributed by atoms with Crippen molar-refractivity contribution < 1.29 is 4.79 Å². The molecule has 0 saturated heterocycles. The van der Waals surface area contributed by atoms with E-state index in [0.717, 1.165) is 41.1 Å². The number of thiazole rings is 1. The number of amides is 1. The molecule has 1 saturated carbocycles. The first-order valence-electron chi connectivity index (χ1n) is 8.39. The average molecular weight is 361 g/mol. The second-order valence-electron chi connectivity index (χ2n) is 6.24. The molecule has 126 valence electrons. The van der Waals surface area contributed by atoms with Crippen LogP contribution in [0.1, 0.15) is 26.2 Å². The molecule has 0 bridgehead atoms. The van der Waals surface area contributed by atoms with Gasteiger partial charge in [0.15, 0.2) is 5.16 Å². The minimum absolute atomic E-state index is 0.213. The number of thioether (sulfide) groups is 1. The highest BCUT2D eigenvalue weighted by atomic mass is 32.2. The summed E-state index contributed by atoms with van der Waals surface area (Å²) in [5, 5.41) is 9.34. The molecule has 0 radical (unpaired) electrons. The van der Waals surface area contributed by atoms with Crippen molar-refractivity contribution in [2.75, 3.05) is 18.8 Å². The highest BCUT2D eigenvalue weighted by Crippen LogP contribution is 2.31. The minimum Gasteiger partial charge on any atom is -0.342 e. The Morgan fingerprint density at radius 1 is 1.38 bits per heavy atom. The summed E-state index contributed by atoms with van der Waals surface area (Å²) >= 11 is 3.12. The van der Waals surface area contributed by atoms with Crippen molar-refractivity contribution in [3.63, 3.8) is 0 Å². The average Bonchev–Trinajstić information content (AvgIpc) is 3.20. The first kappa shape index (κ1) is 15.9. The van der Waals surface area contributed by atoms with Gasteiger partial charge in [0.1, 0.15) is 0 Å². The first-order chi connectivity index (χ1) is 11.8. The zero-order valence-electron chi connectivity index (χ0n) is 13.6. The Morgan fingerprint density at radius 3 is 3.00 bits per heavy atom. The lowest BCUT2D eigenvalue weighted by Crippen LogP contribution is -2.34. The SMILES string of the molecule is CCCN(CC1CC1)C(=O)CSc1nnc2sc3ccccc3n12. The molecule has 4 rings (SSSR count). The maximum absolute atomic E-state index is 12.6. The third-order valence-electron chi connectivity index (χ3n) is 4.26. The molecule has 1 fully saturated rings. The van der Waals surface area contributed by atoms with Gasteiger partial charge in [-0.1, -0.05) is 42.2 Å². The molecule has 2 heterocycles. The quantitative estimate of drug-likeness (QED) is 0.603. The summed E-state index contributed by atoms with van der Waals surface area (Å²) < 4.78 is 3.25. The molecule has 0 N–H and O–H groups in total. The molecule has 0 unspecified atom stereocenters. The molecule has 3 aromatic rings. The van der Waals surface area contributed by atoms with Gasteiger partial charge in [-0.2, -0.15) is 0 Å². The number of hydrogen-bond acceptors (Lipinski definition) is 5. The molecule has 1 aliphatic carbocycles. The Morgan fingerprint density at radius 2 is 2.21 bits per heavy atom. The van der Waals surface area contributed by atoms with E-state index in [9.17, 15) is 4.79 Å². The van der Waals surface area contributed by atoms with Crippen LogP contribution < -0.4 is 0 Å². The number of aromatic nitrogens is 3. The number of para-hydroxylation sites is 1. The van der Waals surface area contributed by atoms with E-state index in [2.05, 4.69) is 33.7 Å². The molecule has 7 heteroatoms. The van der Waals surface area contributed by atoms with Gasteiger partial charge in [-0.05, 0) is 37.3 Å². The smallest absolute Gasteiger partial charge is 0.233 e. The van der Waals surface area contributed by atoms with Gasteiger partial charge in [0.05, 0.1) is 16.0 Å². The van der Waals surface area contributed by atoms with Crippen LogP contribution in [0.3, 0.4) is 0 Å². The van der Waals surface area contributed by atoms with Gasteiger partial charge in [0.2, 0.25) is 10.9 Å². The Hall–Kier alpha value is -1.60. The number of nitrogens with zero attached hydrogens (tertiary/aromatic N) is 4. The summed E-state index contributed by atoms with van der Waals surface area (Å²) in [6, 6.07) is 8.21. The van der Waals surface area contributed by atoms with Crippen molar-refractivity contribution in [2.45, 2.75) is 31.3 Å². The number of hydrogen-bond donors (Lipinski definition) is 0. The van der Waals surface area contributed by atoms with Crippen molar-refractivity contribution in [1.82, 2.24) is 19.5 Å². The summed E-state index contributed by atoms with van der Waals surface area (Å²) in [5.74, 6) is 1.37. The number of carbonyl (C=O) groups is 1. The summed E-state index contributed by atoms with van der Waals surface area (Å²) in [7, 11) is 0. The molecule has 24 heavy (non-hydrogen) atoms. The predicted octanol–water partition coefficient (Wildman–Crippen LogP) is 3.68. The molecule has 0 aliphatic heterocycles. The lowest BCUT2D eigenvalue weighted by atomic mass is 10.3. The highest BCUT2D eigenvalue weighted by Gasteiger charge is 2.26. The lowest BCUT2D eigenvalue weighted by molar-refractivity contribution is -0.128. The van der Waals surface area contributed by atoms with Gasteiger partial charge in [0.25, 0.3) is 0 Å². The standard InChI is InChI=1S/C17H20N4OS2/c1-2-9-20(10-12-7-8-12)15(22)11-23-16-18-19-17-21(16)13-5-3-4-6-14(13)24-17/h3-6,12H,2,7-11H2,1H3. The number of fused-ring (bicyclic) bond motifs is 3. The van der Waals surface area contributed by atoms with Gasteiger partial charge in [0, 0.05) is 13.1 Å². The fraction of sp³-hybridized carbons (Fsp3) is 0.471. The zero-order valence-corrected chi connectivity index (χ0v) is 15.3. The summed E-state index contributed by atoms with van der Waals surface area (Å²) in [5.41, 5.74) is 1.11. The molecule has 0 spiro atoms. The van der Waals surface area contributed by atoms with Crippen LogP contribution in [0.25, 0.3) is 15.2 Å². The van der Waals surface area contributed by atoms with Crippen molar-refractivity contribution in [1.29, 1.82) is 0 Å². The largest absolute Gasteiger partial charge is 0.342 e.